The Balaban J connectivity index is 2.58. The molecule has 0 unspecified atom stereocenters. The standard InChI is InChI=1S/C9H15N2O2/c1-7(10)8(13)11-9(6-12)4-2-3-5-9/h7H,2-5,10H2,1H3,(H,11,13)/t7-/m0/s1. The molecule has 3 N–H and O–H groups in total. The Morgan fingerprint density at radius 3 is 2.46 bits per heavy atom. The van der Waals surface area contributed by atoms with Crippen LogP contribution in [-0.2, 0) is 9.59 Å². The van der Waals surface area contributed by atoms with Crippen LogP contribution in [0.5, 0.6) is 0 Å². The minimum absolute atomic E-state index is 0.273. The Kier molecular flexibility index (Phi) is 3.03. The Morgan fingerprint density at radius 1 is 1.54 bits per heavy atom. The van der Waals surface area contributed by atoms with E-state index in [1.165, 1.54) is 0 Å². The molecule has 1 saturated carbocycles. The Morgan fingerprint density at radius 2 is 2.08 bits per heavy atom. The van der Waals surface area contributed by atoms with Crippen molar-refractivity contribution in [3.8, 4) is 0 Å². The molecule has 1 aliphatic rings. The van der Waals surface area contributed by atoms with Gasteiger partial charge in [-0.2, -0.15) is 0 Å². The van der Waals surface area contributed by atoms with Crippen molar-refractivity contribution in [3.05, 3.63) is 0 Å². The Bertz CT molecular complexity index is 208. The number of amides is 1. The number of rotatable bonds is 3. The molecule has 0 bridgehead atoms. The lowest BCUT2D eigenvalue weighted by molar-refractivity contribution is -0.123. The molecular weight excluding hydrogens is 168 g/mol. The van der Waals surface area contributed by atoms with Crippen LogP contribution in [0.1, 0.15) is 32.6 Å². The van der Waals surface area contributed by atoms with Crippen LogP contribution in [0.25, 0.3) is 0 Å². The van der Waals surface area contributed by atoms with Crippen LogP contribution >= 0.6 is 0 Å². The first kappa shape index (κ1) is 10.2. The molecule has 0 aliphatic heterocycles. The van der Waals surface area contributed by atoms with Gasteiger partial charge in [0.1, 0.15) is 5.54 Å². The molecule has 4 nitrogen and oxygen atoms in total. The minimum Gasteiger partial charge on any atom is -0.342 e. The smallest absolute Gasteiger partial charge is 0.237 e. The van der Waals surface area contributed by atoms with Crippen molar-refractivity contribution in [2.24, 2.45) is 5.73 Å². The summed E-state index contributed by atoms with van der Waals surface area (Å²) in [6.07, 6.45) is 5.24. The zero-order chi connectivity index (χ0) is 9.90. The van der Waals surface area contributed by atoms with Gasteiger partial charge in [0, 0.05) is 0 Å². The number of nitrogens with two attached hydrogens (primary N) is 1. The van der Waals surface area contributed by atoms with Crippen LogP contribution in [0.2, 0.25) is 0 Å². The summed E-state index contributed by atoms with van der Waals surface area (Å²) in [5.74, 6) is -0.273. The first-order valence-corrected chi connectivity index (χ1v) is 4.56. The summed E-state index contributed by atoms with van der Waals surface area (Å²) in [5, 5.41) is 2.65. The molecule has 1 fully saturated rings. The van der Waals surface area contributed by atoms with E-state index in [1.807, 2.05) is 6.29 Å². The summed E-state index contributed by atoms with van der Waals surface area (Å²) in [6, 6.07) is -0.564. The van der Waals surface area contributed by atoms with Crippen molar-refractivity contribution in [1.29, 1.82) is 0 Å². The topological polar surface area (TPSA) is 72.2 Å². The van der Waals surface area contributed by atoms with Crippen molar-refractivity contribution >= 4 is 12.2 Å². The quantitative estimate of drug-likeness (QED) is 0.640. The highest BCUT2D eigenvalue weighted by atomic mass is 16.2. The van der Waals surface area contributed by atoms with E-state index in [0.717, 1.165) is 12.8 Å². The molecular formula is C9H15N2O2. The summed E-state index contributed by atoms with van der Waals surface area (Å²) in [6.45, 7) is 1.60. The van der Waals surface area contributed by atoms with Gasteiger partial charge in [0.25, 0.3) is 0 Å². The third-order valence-electron chi connectivity index (χ3n) is 2.43. The van der Waals surface area contributed by atoms with Gasteiger partial charge in [0.05, 0.1) is 6.04 Å². The summed E-state index contributed by atoms with van der Waals surface area (Å²) >= 11 is 0. The summed E-state index contributed by atoms with van der Waals surface area (Å²) in [4.78, 5) is 22.0. The second-order valence-electron chi connectivity index (χ2n) is 3.67. The van der Waals surface area contributed by atoms with E-state index < -0.39 is 11.6 Å². The first-order valence-electron chi connectivity index (χ1n) is 4.56. The van der Waals surface area contributed by atoms with Gasteiger partial charge in [-0.05, 0) is 19.8 Å². The number of nitrogens with one attached hydrogen (secondary N) is 1. The summed E-state index contributed by atoms with van der Waals surface area (Å²) in [7, 11) is 0. The molecule has 1 amide bonds. The molecule has 73 valence electrons. The lowest BCUT2D eigenvalue weighted by atomic mass is 9.99. The van der Waals surface area contributed by atoms with E-state index in [4.69, 9.17) is 5.73 Å². The normalized spacial score (nSPS) is 22.3. The number of hydrogen-bond acceptors (Lipinski definition) is 3. The second kappa shape index (κ2) is 3.87. The monoisotopic (exact) mass is 183 g/mol. The average Bonchev–Trinajstić information content (AvgIpc) is 2.54. The predicted molar refractivity (Wildman–Crippen MR) is 48.7 cm³/mol. The van der Waals surface area contributed by atoms with E-state index >= 15 is 0 Å². The van der Waals surface area contributed by atoms with Gasteiger partial charge in [-0.15, -0.1) is 0 Å². The molecule has 1 rings (SSSR count). The maximum absolute atomic E-state index is 11.2. The fraction of sp³-hybridized carbons (Fsp3) is 0.778. The molecule has 1 aliphatic carbocycles. The maximum Gasteiger partial charge on any atom is 0.237 e. The van der Waals surface area contributed by atoms with Gasteiger partial charge in [-0.1, -0.05) is 12.8 Å². The third kappa shape index (κ3) is 2.28. The van der Waals surface area contributed by atoms with E-state index in [-0.39, 0.29) is 5.91 Å². The number of carbonyl (C=O) groups is 1. The maximum atomic E-state index is 11.2. The molecule has 0 aromatic carbocycles. The SMILES string of the molecule is C[C@H](N)C(=O)NC1([C]=O)CCCC1. The van der Waals surface area contributed by atoms with Crippen LogP contribution in [0, 0.1) is 0 Å². The van der Waals surface area contributed by atoms with Gasteiger partial charge < -0.3 is 11.1 Å². The van der Waals surface area contributed by atoms with Gasteiger partial charge >= 0.3 is 0 Å². The number of carbonyl (C=O) groups excluding carboxylic acids is 2. The highest BCUT2D eigenvalue weighted by Crippen LogP contribution is 2.27. The summed E-state index contributed by atoms with van der Waals surface area (Å²) < 4.78 is 0. The largest absolute Gasteiger partial charge is 0.342 e. The van der Waals surface area contributed by atoms with Crippen molar-refractivity contribution < 1.29 is 9.59 Å². The highest BCUT2D eigenvalue weighted by molar-refractivity contribution is 5.85. The van der Waals surface area contributed by atoms with Crippen molar-refractivity contribution in [1.82, 2.24) is 5.32 Å². The van der Waals surface area contributed by atoms with Crippen molar-refractivity contribution in [2.45, 2.75) is 44.2 Å². The van der Waals surface area contributed by atoms with Crippen LogP contribution in [0.15, 0.2) is 0 Å². The molecule has 1 radical (unpaired) electrons. The fourth-order valence-electron chi connectivity index (χ4n) is 1.58. The Hall–Kier alpha value is -0.900. The van der Waals surface area contributed by atoms with Crippen LogP contribution in [0.4, 0.5) is 0 Å². The van der Waals surface area contributed by atoms with Crippen LogP contribution in [0.3, 0.4) is 0 Å². The van der Waals surface area contributed by atoms with Crippen molar-refractivity contribution in [2.75, 3.05) is 0 Å². The fourth-order valence-corrected chi connectivity index (χ4v) is 1.58. The first-order chi connectivity index (χ1) is 6.09. The zero-order valence-corrected chi connectivity index (χ0v) is 7.80. The van der Waals surface area contributed by atoms with E-state index in [9.17, 15) is 9.59 Å². The molecule has 0 aromatic rings. The summed E-state index contributed by atoms with van der Waals surface area (Å²) in [5.41, 5.74) is 4.64. The van der Waals surface area contributed by atoms with Gasteiger partial charge in [-0.25, -0.2) is 0 Å². The minimum atomic E-state index is -0.745. The van der Waals surface area contributed by atoms with Gasteiger partial charge in [-0.3, -0.25) is 9.59 Å². The lowest BCUT2D eigenvalue weighted by Gasteiger charge is -2.23. The lowest BCUT2D eigenvalue weighted by Crippen LogP contribution is -2.52. The third-order valence-corrected chi connectivity index (χ3v) is 2.43. The second-order valence-corrected chi connectivity index (χ2v) is 3.67. The van der Waals surface area contributed by atoms with Crippen molar-refractivity contribution in [3.63, 3.8) is 0 Å². The molecule has 4 heteroatoms. The van der Waals surface area contributed by atoms with E-state index in [1.54, 1.807) is 6.92 Å². The molecule has 0 saturated heterocycles. The van der Waals surface area contributed by atoms with Crippen LogP contribution < -0.4 is 11.1 Å². The van der Waals surface area contributed by atoms with Gasteiger partial charge in [0.2, 0.25) is 12.2 Å². The average molecular weight is 183 g/mol. The van der Waals surface area contributed by atoms with E-state index in [2.05, 4.69) is 5.32 Å². The molecule has 0 heterocycles. The zero-order valence-electron chi connectivity index (χ0n) is 7.80. The molecule has 1 atom stereocenters. The highest BCUT2D eigenvalue weighted by Gasteiger charge is 2.36. The molecule has 13 heavy (non-hydrogen) atoms. The molecule has 0 aromatic heterocycles. The Labute approximate surface area is 77.9 Å². The van der Waals surface area contributed by atoms with Gasteiger partial charge in [0.15, 0.2) is 0 Å². The van der Waals surface area contributed by atoms with E-state index in [0.29, 0.717) is 12.8 Å². The number of hydrogen-bond donors (Lipinski definition) is 2. The predicted octanol–water partition coefficient (Wildman–Crippen LogP) is -0.128. The van der Waals surface area contributed by atoms with Crippen LogP contribution in [-0.4, -0.2) is 23.8 Å². The molecule has 0 spiro atoms.